The van der Waals surface area contributed by atoms with Gasteiger partial charge in [0.25, 0.3) is 5.56 Å². The van der Waals surface area contributed by atoms with Crippen LogP contribution in [0.5, 0.6) is 0 Å². The molecule has 0 amide bonds. The number of nitrogens with one attached hydrogen (secondary N) is 1. The van der Waals surface area contributed by atoms with Gasteiger partial charge in [-0.1, -0.05) is 11.6 Å². The Morgan fingerprint density at radius 1 is 1.50 bits per heavy atom. The van der Waals surface area contributed by atoms with Crippen LogP contribution in [0.4, 0.5) is 18.9 Å². The van der Waals surface area contributed by atoms with Crippen LogP contribution in [0.1, 0.15) is 12.8 Å². The number of nitrogens with zero attached hydrogens (tertiary/aromatic N) is 2. The Kier molecular flexibility index (Phi) is 3.52. The molecule has 1 fully saturated rings. The summed E-state index contributed by atoms with van der Waals surface area (Å²) < 4.78 is 36.8. The van der Waals surface area contributed by atoms with Gasteiger partial charge in [-0.25, -0.2) is 4.68 Å². The molecule has 0 unspecified atom stereocenters. The third-order valence-electron chi connectivity index (χ3n) is 2.59. The maximum atomic E-state index is 12.2. The third kappa shape index (κ3) is 3.38. The lowest BCUT2D eigenvalue weighted by atomic mass is 10.4. The standard InChI is InChI=1S/C10H11ClF3N3O/c11-8-7(15-3-6-1-2-6)4-16-17(9(8)18)5-10(12,13)14/h4,6,15H,1-3,5H2. The fraction of sp³-hybridized carbons (Fsp3) is 0.600. The summed E-state index contributed by atoms with van der Waals surface area (Å²) in [5, 5.41) is 6.12. The maximum Gasteiger partial charge on any atom is 0.408 e. The number of aromatic nitrogens is 2. The van der Waals surface area contributed by atoms with Crippen LogP contribution < -0.4 is 10.9 Å². The summed E-state index contributed by atoms with van der Waals surface area (Å²) in [5.74, 6) is 0.554. The molecule has 0 aliphatic heterocycles. The second kappa shape index (κ2) is 4.79. The molecule has 0 bridgehead atoms. The monoisotopic (exact) mass is 281 g/mol. The van der Waals surface area contributed by atoms with Gasteiger partial charge in [-0.3, -0.25) is 4.79 Å². The second-order valence-electron chi connectivity index (χ2n) is 4.27. The predicted molar refractivity (Wildman–Crippen MR) is 60.8 cm³/mol. The molecule has 8 heteroatoms. The molecule has 4 nitrogen and oxygen atoms in total. The van der Waals surface area contributed by atoms with Crippen LogP contribution in [0.25, 0.3) is 0 Å². The maximum absolute atomic E-state index is 12.2. The number of hydrogen-bond acceptors (Lipinski definition) is 3. The lowest BCUT2D eigenvalue weighted by molar-refractivity contribution is -0.143. The average Bonchev–Trinajstić information content (AvgIpc) is 3.06. The average molecular weight is 282 g/mol. The highest BCUT2D eigenvalue weighted by Gasteiger charge is 2.30. The summed E-state index contributed by atoms with van der Waals surface area (Å²) in [7, 11) is 0. The van der Waals surface area contributed by atoms with Crippen molar-refractivity contribution in [2.24, 2.45) is 5.92 Å². The van der Waals surface area contributed by atoms with E-state index in [1.165, 1.54) is 0 Å². The van der Waals surface area contributed by atoms with Gasteiger partial charge in [-0.05, 0) is 18.8 Å². The van der Waals surface area contributed by atoms with Crippen LogP contribution in [0.3, 0.4) is 0 Å². The van der Waals surface area contributed by atoms with E-state index in [-0.39, 0.29) is 10.7 Å². The molecular weight excluding hydrogens is 271 g/mol. The first-order valence-electron chi connectivity index (χ1n) is 5.43. The Bertz CT molecular complexity index is 496. The van der Waals surface area contributed by atoms with Crippen LogP contribution in [-0.2, 0) is 6.54 Å². The number of rotatable bonds is 4. The van der Waals surface area contributed by atoms with Crippen LogP contribution in [-0.4, -0.2) is 22.5 Å². The highest BCUT2D eigenvalue weighted by molar-refractivity contribution is 6.32. The lowest BCUT2D eigenvalue weighted by Gasteiger charge is -2.11. The second-order valence-corrected chi connectivity index (χ2v) is 4.65. The molecule has 1 aromatic heterocycles. The molecule has 1 heterocycles. The first kappa shape index (κ1) is 13.2. The van der Waals surface area contributed by atoms with Gasteiger partial charge in [0.2, 0.25) is 0 Å². The molecule has 1 N–H and O–H groups in total. The normalized spacial score (nSPS) is 15.8. The van der Waals surface area contributed by atoms with Gasteiger partial charge in [0.05, 0.1) is 11.9 Å². The summed E-state index contributed by atoms with van der Waals surface area (Å²) in [6.45, 7) is -0.779. The van der Waals surface area contributed by atoms with Crippen LogP contribution in [0.2, 0.25) is 5.02 Å². The SMILES string of the molecule is O=c1c(Cl)c(NCC2CC2)cnn1CC(F)(F)F. The van der Waals surface area contributed by atoms with Gasteiger partial charge < -0.3 is 5.32 Å². The molecule has 0 atom stereocenters. The van der Waals surface area contributed by atoms with Gasteiger partial charge >= 0.3 is 6.18 Å². The van der Waals surface area contributed by atoms with Gasteiger partial charge in [-0.15, -0.1) is 0 Å². The number of hydrogen-bond donors (Lipinski definition) is 1. The zero-order valence-corrected chi connectivity index (χ0v) is 10.1. The molecule has 1 aliphatic carbocycles. The van der Waals surface area contributed by atoms with Gasteiger partial charge in [0.15, 0.2) is 0 Å². The number of anilines is 1. The summed E-state index contributed by atoms with van der Waals surface area (Å²) in [6.07, 6.45) is -1.12. The first-order valence-corrected chi connectivity index (χ1v) is 5.81. The van der Waals surface area contributed by atoms with E-state index in [4.69, 9.17) is 11.6 Å². The van der Waals surface area contributed by atoms with E-state index in [1.807, 2.05) is 0 Å². The van der Waals surface area contributed by atoms with Crippen LogP contribution in [0.15, 0.2) is 11.0 Å². The molecular formula is C10H11ClF3N3O. The van der Waals surface area contributed by atoms with Crippen molar-refractivity contribution in [3.63, 3.8) is 0 Å². The van der Waals surface area contributed by atoms with E-state index in [0.717, 1.165) is 19.0 Å². The van der Waals surface area contributed by atoms with E-state index in [9.17, 15) is 18.0 Å². The Balaban J connectivity index is 2.15. The highest BCUT2D eigenvalue weighted by atomic mass is 35.5. The molecule has 1 aromatic rings. The van der Waals surface area contributed by atoms with E-state index in [1.54, 1.807) is 0 Å². The minimum absolute atomic E-state index is 0.255. The molecule has 2 rings (SSSR count). The summed E-state index contributed by atoms with van der Waals surface area (Å²) in [5.41, 5.74) is -0.651. The summed E-state index contributed by atoms with van der Waals surface area (Å²) in [6, 6.07) is 0. The Labute approximate surface area is 106 Å². The Morgan fingerprint density at radius 2 is 2.17 bits per heavy atom. The van der Waals surface area contributed by atoms with Crippen molar-refractivity contribution in [1.82, 2.24) is 9.78 Å². The zero-order chi connectivity index (χ0) is 13.3. The highest BCUT2D eigenvalue weighted by Crippen LogP contribution is 2.29. The van der Waals surface area contributed by atoms with E-state index in [2.05, 4.69) is 10.4 Å². The lowest BCUT2D eigenvalue weighted by Crippen LogP contribution is -2.31. The van der Waals surface area contributed by atoms with E-state index >= 15 is 0 Å². The molecule has 100 valence electrons. The molecule has 0 saturated heterocycles. The van der Waals surface area contributed by atoms with Crippen molar-refractivity contribution >= 4 is 17.3 Å². The Morgan fingerprint density at radius 3 is 2.72 bits per heavy atom. The molecule has 1 saturated carbocycles. The zero-order valence-electron chi connectivity index (χ0n) is 9.30. The van der Waals surface area contributed by atoms with Crippen molar-refractivity contribution in [3.05, 3.63) is 21.6 Å². The van der Waals surface area contributed by atoms with E-state index < -0.39 is 18.3 Å². The van der Waals surface area contributed by atoms with Crippen molar-refractivity contribution < 1.29 is 13.2 Å². The van der Waals surface area contributed by atoms with E-state index in [0.29, 0.717) is 17.1 Å². The fourth-order valence-corrected chi connectivity index (χ4v) is 1.66. The number of halogens is 4. The smallest absolute Gasteiger partial charge is 0.382 e. The molecule has 0 spiro atoms. The molecule has 18 heavy (non-hydrogen) atoms. The largest absolute Gasteiger partial charge is 0.408 e. The quantitative estimate of drug-likeness (QED) is 0.921. The fourth-order valence-electron chi connectivity index (χ4n) is 1.45. The van der Waals surface area contributed by atoms with Crippen LogP contribution >= 0.6 is 11.6 Å². The minimum Gasteiger partial charge on any atom is -0.382 e. The van der Waals surface area contributed by atoms with Gasteiger partial charge in [-0.2, -0.15) is 18.3 Å². The first-order chi connectivity index (χ1) is 8.37. The van der Waals surface area contributed by atoms with Gasteiger partial charge in [0.1, 0.15) is 11.6 Å². The van der Waals surface area contributed by atoms with Crippen LogP contribution in [0, 0.1) is 5.92 Å². The predicted octanol–water partition coefficient (Wildman–Crippen LogP) is 2.28. The van der Waals surface area contributed by atoms with Crippen molar-refractivity contribution in [2.45, 2.75) is 25.6 Å². The number of alkyl halides is 3. The topological polar surface area (TPSA) is 46.9 Å². The summed E-state index contributed by atoms with van der Waals surface area (Å²) in [4.78, 5) is 11.6. The van der Waals surface area contributed by atoms with Crippen molar-refractivity contribution in [2.75, 3.05) is 11.9 Å². The summed E-state index contributed by atoms with van der Waals surface area (Å²) >= 11 is 5.73. The molecule has 1 aliphatic rings. The van der Waals surface area contributed by atoms with Gasteiger partial charge in [0, 0.05) is 6.54 Å². The minimum atomic E-state index is -4.50. The molecule has 0 aromatic carbocycles. The third-order valence-corrected chi connectivity index (χ3v) is 2.96. The Hall–Kier alpha value is -1.24. The molecule has 0 radical (unpaired) electrons. The van der Waals surface area contributed by atoms with Crippen molar-refractivity contribution in [1.29, 1.82) is 0 Å². The van der Waals surface area contributed by atoms with Crippen molar-refractivity contribution in [3.8, 4) is 0 Å².